The van der Waals surface area contributed by atoms with Gasteiger partial charge in [0.05, 0.1) is 7.11 Å². The Balaban J connectivity index is 2.38. The van der Waals surface area contributed by atoms with Crippen molar-refractivity contribution in [3.05, 3.63) is 29.8 Å². The quantitative estimate of drug-likeness (QED) is 0.769. The monoisotopic (exact) mass is 251 g/mol. The number of aryl methyl sites for hydroxylation is 1. The van der Waals surface area contributed by atoms with Gasteiger partial charge in [-0.15, -0.1) is 0 Å². The molecule has 0 radical (unpaired) electrons. The molecule has 1 aromatic carbocycles. The van der Waals surface area contributed by atoms with E-state index in [-0.39, 0.29) is 18.4 Å². The number of para-hydroxylation sites is 1. The molecule has 0 saturated carbocycles. The second-order valence-electron chi connectivity index (χ2n) is 4.40. The predicted octanol–water partition coefficient (Wildman–Crippen LogP) is 1.37. The fourth-order valence-electron chi connectivity index (χ4n) is 1.60. The van der Waals surface area contributed by atoms with Crippen molar-refractivity contribution in [2.75, 3.05) is 20.3 Å². The zero-order valence-corrected chi connectivity index (χ0v) is 11.0. The Hall–Kier alpha value is -1.55. The van der Waals surface area contributed by atoms with Gasteiger partial charge in [0.15, 0.2) is 0 Å². The Bertz CT molecular complexity index is 379. The predicted molar refractivity (Wildman–Crippen MR) is 70.6 cm³/mol. The molecule has 18 heavy (non-hydrogen) atoms. The lowest BCUT2D eigenvalue weighted by Gasteiger charge is -2.10. The molecule has 1 unspecified atom stereocenters. The molecule has 2 N–H and O–H groups in total. The molecule has 0 aliphatic rings. The molecule has 4 heteroatoms. The van der Waals surface area contributed by atoms with Gasteiger partial charge in [0, 0.05) is 19.6 Å². The van der Waals surface area contributed by atoms with Crippen LogP contribution in [0.1, 0.15) is 18.9 Å². The van der Waals surface area contributed by atoms with E-state index in [1.54, 1.807) is 7.11 Å². The van der Waals surface area contributed by atoms with Crippen molar-refractivity contribution in [3.63, 3.8) is 0 Å². The van der Waals surface area contributed by atoms with E-state index in [0.717, 1.165) is 11.3 Å². The van der Waals surface area contributed by atoms with Crippen LogP contribution in [0, 0.1) is 5.92 Å². The molecule has 0 aliphatic carbocycles. The molecule has 0 aliphatic heterocycles. The molecule has 0 heterocycles. The minimum absolute atomic E-state index is 0.00112. The van der Waals surface area contributed by atoms with Crippen LogP contribution in [0.5, 0.6) is 5.75 Å². The smallest absolute Gasteiger partial charge is 0.220 e. The topological polar surface area (TPSA) is 58.6 Å². The zero-order chi connectivity index (χ0) is 13.4. The molecule has 4 nitrogen and oxygen atoms in total. The summed E-state index contributed by atoms with van der Waals surface area (Å²) in [6, 6.07) is 7.69. The summed E-state index contributed by atoms with van der Waals surface area (Å²) in [5.74, 6) is 0.912. The summed E-state index contributed by atoms with van der Waals surface area (Å²) < 4.78 is 5.23. The molecule has 0 fully saturated rings. The fourth-order valence-corrected chi connectivity index (χ4v) is 1.60. The molecular weight excluding hydrogens is 230 g/mol. The van der Waals surface area contributed by atoms with Gasteiger partial charge in [-0.2, -0.15) is 0 Å². The van der Waals surface area contributed by atoms with Crippen molar-refractivity contribution in [1.29, 1.82) is 0 Å². The summed E-state index contributed by atoms with van der Waals surface area (Å²) in [7, 11) is 1.63. The third kappa shape index (κ3) is 4.75. The molecular formula is C14H21NO3. The second kappa shape index (κ2) is 7.71. The second-order valence-corrected chi connectivity index (χ2v) is 4.40. The third-order valence-electron chi connectivity index (χ3n) is 2.77. The minimum atomic E-state index is 0.00112. The van der Waals surface area contributed by atoms with E-state index in [4.69, 9.17) is 9.84 Å². The first-order valence-corrected chi connectivity index (χ1v) is 6.16. The standard InChI is InChI=1S/C14H21NO3/c1-11(10-16)9-15-14(17)8-7-12-5-3-4-6-13(12)18-2/h3-6,11,16H,7-10H2,1-2H3,(H,15,17). The van der Waals surface area contributed by atoms with Crippen LogP contribution < -0.4 is 10.1 Å². The highest BCUT2D eigenvalue weighted by Gasteiger charge is 2.07. The molecule has 0 saturated heterocycles. The average molecular weight is 251 g/mol. The highest BCUT2D eigenvalue weighted by molar-refractivity contribution is 5.76. The van der Waals surface area contributed by atoms with Crippen LogP contribution in [0.2, 0.25) is 0 Å². The lowest BCUT2D eigenvalue weighted by Crippen LogP contribution is -2.29. The van der Waals surface area contributed by atoms with E-state index < -0.39 is 0 Å². The molecule has 0 bridgehead atoms. The summed E-state index contributed by atoms with van der Waals surface area (Å²) >= 11 is 0. The Labute approximate surface area is 108 Å². The van der Waals surface area contributed by atoms with E-state index in [1.807, 2.05) is 31.2 Å². The number of benzene rings is 1. The first-order chi connectivity index (χ1) is 8.67. The van der Waals surface area contributed by atoms with Crippen molar-refractivity contribution < 1.29 is 14.6 Å². The van der Waals surface area contributed by atoms with Crippen LogP contribution in [-0.2, 0) is 11.2 Å². The number of hydrogen-bond acceptors (Lipinski definition) is 3. The first kappa shape index (κ1) is 14.5. The first-order valence-electron chi connectivity index (χ1n) is 6.16. The summed E-state index contributed by atoms with van der Waals surface area (Å²) in [6.07, 6.45) is 1.09. The molecule has 1 aromatic rings. The van der Waals surface area contributed by atoms with Crippen molar-refractivity contribution in [3.8, 4) is 5.75 Å². The molecule has 1 rings (SSSR count). The maximum absolute atomic E-state index is 11.6. The van der Waals surface area contributed by atoms with Crippen LogP contribution in [0.15, 0.2) is 24.3 Å². The van der Waals surface area contributed by atoms with E-state index in [0.29, 0.717) is 19.4 Å². The highest BCUT2D eigenvalue weighted by Crippen LogP contribution is 2.18. The number of nitrogens with one attached hydrogen (secondary N) is 1. The normalized spacial score (nSPS) is 11.9. The van der Waals surface area contributed by atoms with Gasteiger partial charge < -0.3 is 15.2 Å². The number of hydrogen-bond donors (Lipinski definition) is 2. The summed E-state index contributed by atoms with van der Waals surface area (Å²) in [5.41, 5.74) is 1.03. The SMILES string of the molecule is COc1ccccc1CCC(=O)NCC(C)CO. The summed E-state index contributed by atoms with van der Waals surface area (Å²) in [4.78, 5) is 11.6. The summed E-state index contributed by atoms with van der Waals surface area (Å²) in [6.45, 7) is 2.49. The number of methoxy groups -OCH3 is 1. The van der Waals surface area contributed by atoms with E-state index in [9.17, 15) is 4.79 Å². The third-order valence-corrected chi connectivity index (χ3v) is 2.77. The van der Waals surface area contributed by atoms with Crippen molar-refractivity contribution >= 4 is 5.91 Å². The zero-order valence-electron chi connectivity index (χ0n) is 11.0. The van der Waals surface area contributed by atoms with Gasteiger partial charge in [0.1, 0.15) is 5.75 Å². The average Bonchev–Trinajstić information content (AvgIpc) is 2.42. The number of aliphatic hydroxyl groups excluding tert-OH is 1. The maximum Gasteiger partial charge on any atom is 0.220 e. The largest absolute Gasteiger partial charge is 0.496 e. The van der Waals surface area contributed by atoms with Gasteiger partial charge in [0.25, 0.3) is 0 Å². The van der Waals surface area contributed by atoms with E-state index >= 15 is 0 Å². The minimum Gasteiger partial charge on any atom is -0.496 e. The number of ether oxygens (including phenoxy) is 1. The van der Waals surface area contributed by atoms with Gasteiger partial charge >= 0.3 is 0 Å². The molecule has 0 spiro atoms. The van der Waals surface area contributed by atoms with Crippen LogP contribution in [0.3, 0.4) is 0 Å². The molecule has 0 aromatic heterocycles. The molecule has 100 valence electrons. The molecule has 1 atom stereocenters. The van der Waals surface area contributed by atoms with E-state index in [1.165, 1.54) is 0 Å². The van der Waals surface area contributed by atoms with Crippen molar-refractivity contribution in [2.45, 2.75) is 19.8 Å². The Morgan fingerprint density at radius 1 is 1.44 bits per heavy atom. The van der Waals surface area contributed by atoms with Crippen LogP contribution in [0.25, 0.3) is 0 Å². The van der Waals surface area contributed by atoms with Crippen LogP contribution in [0.4, 0.5) is 0 Å². The van der Waals surface area contributed by atoms with Gasteiger partial charge in [-0.3, -0.25) is 4.79 Å². The number of carbonyl (C=O) groups excluding carboxylic acids is 1. The van der Waals surface area contributed by atoms with Gasteiger partial charge in [-0.1, -0.05) is 25.1 Å². The number of rotatable bonds is 7. The van der Waals surface area contributed by atoms with Crippen molar-refractivity contribution in [2.24, 2.45) is 5.92 Å². The fraction of sp³-hybridized carbons (Fsp3) is 0.500. The maximum atomic E-state index is 11.6. The van der Waals surface area contributed by atoms with Crippen LogP contribution >= 0.6 is 0 Å². The van der Waals surface area contributed by atoms with Crippen LogP contribution in [-0.4, -0.2) is 31.3 Å². The van der Waals surface area contributed by atoms with Crippen molar-refractivity contribution in [1.82, 2.24) is 5.32 Å². The summed E-state index contributed by atoms with van der Waals surface area (Å²) in [5, 5.41) is 11.7. The van der Waals surface area contributed by atoms with Gasteiger partial charge in [-0.25, -0.2) is 0 Å². The number of carbonyl (C=O) groups is 1. The lowest BCUT2D eigenvalue weighted by molar-refractivity contribution is -0.121. The van der Waals surface area contributed by atoms with E-state index in [2.05, 4.69) is 5.32 Å². The lowest BCUT2D eigenvalue weighted by atomic mass is 10.1. The highest BCUT2D eigenvalue weighted by atomic mass is 16.5. The molecule has 1 amide bonds. The Kier molecular flexibility index (Phi) is 6.22. The number of aliphatic hydroxyl groups is 1. The van der Waals surface area contributed by atoms with Gasteiger partial charge in [0.2, 0.25) is 5.91 Å². The number of amides is 1. The van der Waals surface area contributed by atoms with Gasteiger partial charge in [-0.05, 0) is 24.0 Å². The Morgan fingerprint density at radius 3 is 2.83 bits per heavy atom. The Morgan fingerprint density at radius 2 is 2.17 bits per heavy atom.